The van der Waals surface area contributed by atoms with Gasteiger partial charge in [0.25, 0.3) is 0 Å². The largest absolute Gasteiger partial charge is 0.493 e. The van der Waals surface area contributed by atoms with E-state index >= 15 is 0 Å². The molecule has 2 aliphatic heterocycles. The smallest absolute Gasteiger partial charge is 0.228 e. The third-order valence-corrected chi connectivity index (χ3v) is 6.08. The maximum absolute atomic E-state index is 13.1. The Morgan fingerprint density at radius 1 is 1.07 bits per heavy atom. The van der Waals surface area contributed by atoms with Crippen LogP contribution in [0.15, 0.2) is 42.5 Å². The molecular formula is C23H28N2O3. The van der Waals surface area contributed by atoms with E-state index in [4.69, 9.17) is 9.47 Å². The van der Waals surface area contributed by atoms with E-state index in [9.17, 15) is 4.79 Å². The molecule has 1 N–H and O–H groups in total. The summed E-state index contributed by atoms with van der Waals surface area (Å²) >= 11 is 0. The van der Waals surface area contributed by atoms with Crippen LogP contribution in [0, 0.1) is 5.41 Å². The molecule has 0 bridgehead atoms. The van der Waals surface area contributed by atoms with Gasteiger partial charge in [-0.1, -0.05) is 30.3 Å². The molecule has 5 nitrogen and oxygen atoms in total. The molecule has 1 saturated heterocycles. The summed E-state index contributed by atoms with van der Waals surface area (Å²) in [5.41, 5.74) is 3.36. The van der Waals surface area contributed by atoms with Gasteiger partial charge in [0.2, 0.25) is 5.91 Å². The molecule has 0 saturated carbocycles. The lowest BCUT2D eigenvalue weighted by Crippen LogP contribution is -2.51. The number of amides is 1. The van der Waals surface area contributed by atoms with Crippen molar-refractivity contribution in [3.8, 4) is 11.5 Å². The van der Waals surface area contributed by atoms with Crippen LogP contribution in [-0.2, 0) is 24.3 Å². The minimum Gasteiger partial charge on any atom is -0.493 e. The summed E-state index contributed by atoms with van der Waals surface area (Å²) in [6, 6.07) is 14.5. The lowest BCUT2D eigenvalue weighted by Gasteiger charge is -2.41. The molecule has 2 aliphatic rings. The highest BCUT2D eigenvalue weighted by Crippen LogP contribution is 2.37. The molecule has 2 aromatic carbocycles. The van der Waals surface area contributed by atoms with Crippen molar-refractivity contribution in [2.75, 3.05) is 27.3 Å². The molecule has 148 valence electrons. The highest BCUT2D eigenvalue weighted by Gasteiger charge is 2.43. The Morgan fingerprint density at radius 3 is 2.64 bits per heavy atom. The first-order valence-corrected chi connectivity index (χ1v) is 9.92. The Bertz CT molecular complexity index is 867. The Labute approximate surface area is 166 Å². The van der Waals surface area contributed by atoms with Crippen molar-refractivity contribution in [1.82, 2.24) is 10.2 Å². The van der Waals surface area contributed by atoms with Crippen molar-refractivity contribution in [3.05, 3.63) is 59.2 Å². The van der Waals surface area contributed by atoms with Crippen LogP contribution in [0.4, 0.5) is 0 Å². The fourth-order valence-corrected chi connectivity index (χ4v) is 4.64. The van der Waals surface area contributed by atoms with E-state index in [0.717, 1.165) is 50.4 Å². The van der Waals surface area contributed by atoms with Crippen LogP contribution >= 0.6 is 0 Å². The molecule has 0 radical (unpaired) electrons. The molecule has 2 heterocycles. The first kappa shape index (κ1) is 18.8. The number of methoxy groups -OCH3 is 2. The van der Waals surface area contributed by atoms with Crippen molar-refractivity contribution in [2.24, 2.45) is 5.41 Å². The summed E-state index contributed by atoms with van der Waals surface area (Å²) in [5, 5.41) is 3.18. The molecule has 1 atom stereocenters. The predicted octanol–water partition coefficient (Wildman–Crippen LogP) is 3.16. The van der Waals surface area contributed by atoms with Crippen LogP contribution in [0.25, 0.3) is 0 Å². The van der Waals surface area contributed by atoms with Gasteiger partial charge in [-0.15, -0.1) is 0 Å². The van der Waals surface area contributed by atoms with Crippen LogP contribution < -0.4 is 14.8 Å². The Morgan fingerprint density at radius 2 is 1.86 bits per heavy atom. The summed E-state index contributed by atoms with van der Waals surface area (Å²) in [6.45, 7) is 3.22. The van der Waals surface area contributed by atoms with Crippen LogP contribution in [0.2, 0.25) is 0 Å². The number of likely N-dealkylation sites (tertiary alicyclic amines) is 1. The Hall–Kier alpha value is -2.53. The molecular weight excluding hydrogens is 352 g/mol. The number of hydrogen-bond acceptors (Lipinski definition) is 4. The van der Waals surface area contributed by atoms with Gasteiger partial charge in [-0.2, -0.15) is 0 Å². The SMILES string of the molecule is COc1ccc(CN2CCCC3(Cc4ccccc4CNC3=O)C2)cc1OC. The maximum atomic E-state index is 13.1. The van der Waals surface area contributed by atoms with Gasteiger partial charge in [0.1, 0.15) is 0 Å². The van der Waals surface area contributed by atoms with Gasteiger partial charge in [0.15, 0.2) is 11.5 Å². The van der Waals surface area contributed by atoms with E-state index in [1.807, 2.05) is 18.2 Å². The molecule has 0 aromatic heterocycles. The van der Waals surface area contributed by atoms with Crippen molar-refractivity contribution in [1.29, 1.82) is 0 Å². The summed E-state index contributed by atoms with van der Waals surface area (Å²) in [4.78, 5) is 15.5. The molecule has 4 rings (SSSR count). The third-order valence-electron chi connectivity index (χ3n) is 6.08. The summed E-state index contributed by atoms with van der Waals surface area (Å²) in [6.07, 6.45) is 2.79. The number of hydrogen-bond donors (Lipinski definition) is 1. The van der Waals surface area contributed by atoms with Crippen LogP contribution in [0.1, 0.15) is 29.5 Å². The van der Waals surface area contributed by atoms with E-state index in [1.54, 1.807) is 14.2 Å². The number of carbonyl (C=O) groups is 1. The zero-order chi connectivity index (χ0) is 19.6. The molecule has 5 heteroatoms. The van der Waals surface area contributed by atoms with Crippen LogP contribution in [0.3, 0.4) is 0 Å². The summed E-state index contributed by atoms with van der Waals surface area (Å²) in [7, 11) is 3.30. The lowest BCUT2D eigenvalue weighted by molar-refractivity contribution is -0.134. The van der Waals surface area contributed by atoms with E-state index in [2.05, 4.69) is 34.5 Å². The normalized spacial score (nSPS) is 22.3. The quantitative estimate of drug-likeness (QED) is 0.885. The zero-order valence-electron chi connectivity index (χ0n) is 16.7. The second kappa shape index (κ2) is 7.84. The number of piperidine rings is 1. The number of ether oxygens (including phenoxy) is 2. The number of nitrogens with one attached hydrogen (secondary N) is 1. The third kappa shape index (κ3) is 3.59. The second-order valence-electron chi connectivity index (χ2n) is 7.91. The van der Waals surface area contributed by atoms with E-state index in [1.165, 1.54) is 16.7 Å². The van der Waals surface area contributed by atoms with Crippen LogP contribution in [-0.4, -0.2) is 38.1 Å². The number of nitrogens with zero attached hydrogens (tertiary/aromatic N) is 1. The van der Waals surface area contributed by atoms with E-state index in [0.29, 0.717) is 6.54 Å². The minimum absolute atomic E-state index is 0.195. The second-order valence-corrected chi connectivity index (χ2v) is 7.91. The molecule has 1 spiro atoms. The van der Waals surface area contributed by atoms with Gasteiger partial charge in [0.05, 0.1) is 19.6 Å². The van der Waals surface area contributed by atoms with Crippen LogP contribution in [0.5, 0.6) is 11.5 Å². The standard InChI is InChI=1S/C23H28N2O3/c1-27-20-9-8-17(12-21(20)28-2)15-25-11-5-10-23(16-25)13-18-6-3-4-7-19(18)14-24-22(23)26/h3-4,6-9,12H,5,10-11,13-16H2,1-2H3,(H,24,26). The fraction of sp³-hybridized carbons (Fsp3) is 0.435. The molecule has 1 unspecified atom stereocenters. The number of rotatable bonds is 4. The number of benzene rings is 2. The highest BCUT2D eigenvalue weighted by atomic mass is 16.5. The first-order chi connectivity index (χ1) is 13.6. The molecule has 1 amide bonds. The zero-order valence-corrected chi connectivity index (χ0v) is 16.7. The van der Waals surface area contributed by atoms with Crippen molar-refractivity contribution >= 4 is 5.91 Å². The predicted molar refractivity (Wildman–Crippen MR) is 108 cm³/mol. The highest BCUT2D eigenvalue weighted by molar-refractivity contribution is 5.84. The number of fused-ring (bicyclic) bond motifs is 1. The van der Waals surface area contributed by atoms with Gasteiger partial charge >= 0.3 is 0 Å². The Kier molecular flexibility index (Phi) is 5.27. The van der Waals surface area contributed by atoms with E-state index in [-0.39, 0.29) is 11.3 Å². The average Bonchev–Trinajstić information content (AvgIpc) is 2.85. The monoisotopic (exact) mass is 380 g/mol. The minimum atomic E-state index is -0.346. The lowest BCUT2D eigenvalue weighted by atomic mass is 9.74. The van der Waals surface area contributed by atoms with Gasteiger partial charge < -0.3 is 14.8 Å². The van der Waals surface area contributed by atoms with Gasteiger partial charge in [-0.05, 0) is 54.6 Å². The van der Waals surface area contributed by atoms with Gasteiger partial charge in [0, 0.05) is 19.6 Å². The topological polar surface area (TPSA) is 50.8 Å². The molecule has 28 heavy (non-hydrogen) atoms. The van der Waals surface area contributed by atoms with E-state index < -0.39 is 0 Å². The number of carbonyl (C=O) groups excluding carboxylic acids is 1. The van der Waals surface area contributed by atoms with Crippen molar-refractivity contribution in [2.45, 2.75) is 32.4 Å². The Balaban J connectivity index is 1.55. The summed E-state index contributed by atoms with van der Waals surface area (Å²) < 4.78 is 10.8. The van der Waals surface area contributed by atoms with Gasteiger partial charge in [-0.3, -0.25) is 9.69 Å². The average molecular weight is 380 g/mol. The van der Waals surface area contributed by atoms with Crippen molar-refractivity contribution in [3.63, 3.8) is 0 Å². The fourth-order valence-electron chi connectivity index (χ4n) is 4.64. The summed E-state index contributed by atoms with van der Waals surface area (Å²) in [5.74, 6) is 1.68. The molecule has 0 aliphatic carbocycles. The molecule has 1 fully saturated rings. The van der Waals surface area contributed by atoms with Crippen molar-refractivity contribution < 1.29 is 14.3 Å². The molecule has 2 aromatic rings. The first-order valence-electron chi connectivity index (χ1n) is 9.92. The van der Waals surface area contributed by atoms with Gasteiger partial charge in [-0.25, -0.2) is 0 Å². The maximum Gasteiger partial charge on any atom is 0.228 e.